The van der Waals surface area contributed by atoms with Crippen LogP contribution in [0.5, 0.6) is 0 Å². The van der Waals surface area contributed by atoms with Crippen molar-refractivity contribution in [2.24, 2.45) is 0 Å². The third-order valence-electron chi connectivity index (χ3n) is 11.5. The molecule has 0 aliphatic rings. The molecule has 6 nitrogen and oxygen atoms in total. The van der Waals surface area contributed by atoms with Crippen LogP contribution in [0.25, 0.3) is 0 Å². The highest BCUT2D eigenvalue weighted by molar-refractivity contribution is 5.71. The predicted octanol–water partition coefficient (Wildman–Crippen LogP) is 17.6. The van der Waals surface area contributed by atoms with Crippen molar-refractivity contribution in [3.05, 3.63) is 60.8 Å². The topological polar surface area (TPSA) is 78.9 Å². The molecule has 0 aromatic heterocycles. The smallest absolute Gasteiger partial charge is 0.306 e. The summed E-state index contributed by atoms with van der Waals surface area (Å²) in [4.78, 5) is 38.0. The molecule has 0 fully saturated rings. The van der Waals surface area contributed by atoms with Gasteiger partial charge in [0, 0.05) is 19.3 Å². The van der Waals surface area contributed by atoms with Crippen LogP contribution < -0.4 is 0 Å². The van der Waals surface area contributed by atoms with Crippen molar-refractivity contribution in [1.82, 2.24) is 0 Å². The first-order valence-electron chi connectivity index (χ1n) is 26.8. The Hall–Kier alpha value is -2.89. The summed E-state index contributed by atoms with van der Waals surface area (Å²) in [6, 6.07) is 0. The zero-order valence-electron chi connectivity index (χ0n) is 41.6. The molecule has 0 N–H and O–H groups in total. The van der Waals surface area contributed by atoms with E-state index in [-0.39, 0.29) is 31.1 Å². The van der Waals surface area contributed by atoms with Gasteiger partial charge < -0.3 is 14.2 Å². The molecule has 0 radical (unpaired) electrons. The van der Waals surface area contributed by atoms with Gasteiger partial charge in [-0.15, -0.1) is 0 Å². The SMILES string of the molecule is CCCCC/C=C\C/C=C\C/C=C\CCCCCCC(=O)OC[C@@H](COC(=O)CCCCCCC/C=C\CCCCCC)OC(=O)CCCCCCC/C=C\CCCCCCCC. The standard InChI is InChI=1S/C57H100O6/c1-4-7-10-13-16-19-22-25-27-28-30-32-35-38-41-44-47-50-56(59)62-53-54(52-61-55(58)49-46-43-40-37-34-31-24-21-18-15-12-9-6-3)63-57(60)51-48-45-42-39-36-33-29-26-23-20-17-14-11-8-5-2/h16,19,21,24-27,29-30,32,54H,4-15,17-18,20,22-23,28,31,33-53H2,1-3H3/b19-16-,24-21-,27-25-,29-26-,32-30-/t54-/m1/s1. The van der Waals surface area contributed by atoms with Gasteiger partial charge in [-0.05, 0) is 109 Å². The average molecular weight is 881 g/mol. The first-order valence-corrected chi connectivity index (χ1v) is 26.8. The molecule has 6 heteroatoms. The monoisotopic (exact) mass is 881 g/mol. The van der Waals surface area contributed by atoms with Crippen molar-refractivity contribution in [2.45, 2.75) is 271 Å². The van der Waals surface area contributed by atoms with Crippen molar-refractivity contribution in [1.29, 1.82) is 0 Å². The number of ether oxygens (including phenoxy) is 3. The Balaban J connectivity index is 4.43. The maximum Gasteiger partial charge on any atom is 0.306 e. The van der Waals surface area contributed by atoms with Crippen molar-refractivity contribution in [3.63, 3.8) is 0 Å². The molecule has 0 spiro atoms. The number of rotatable bonds is 48. The van der Waals surface area contributed by atoms with E-state index in [1.807, 2.05) is 0 Å². The Labute approximate surface area is 390 Å². The van der Waals surface area contributed by atoms with E-state index in [1.165, 1.54) is 122 Å². The number of allylic oxidation sites excluding steroid dienone is 10. The quantitative estimate of drug-likeness (QED) is 0.0262. The third kappa shape index (κ3) is 50.0. The third-order valence-corrected chi connectivity index (χ3v) is 11.5. The zero-order valence-corrected chi connectivity index (χ0v) is 41.6. The number of carbonyl (C=O) groups is 3. The molecule has 0 aromatic rings. The van der Waals surface area contributed by atoms with Crippen molar-refractivity contribution < 1.29 is 28.6 Å². The minimum absolute atomic E-state index is 0.0888. The molecule has 0 amide bonds. The molecule has 1 atom stereocenters. The highest BCUT2D eigenvalue weighted by atomic mass is 16.6. The van der Waals surface area contributed by atoms with Gasteiger partial charge in [-0.2, -0.15) is 0 Å². The van der Waals surface area contributed by atoms with E-state index in [4.69, 9.17) is 14.2 Å². The fraction of sp³-hybridized carbons (Fsp3) is 0.772. The highest BCUT2D eigenvalue weighted by Crippen LogP contribution is 2.14. The second-order valence-electron chi connectivity index (χ2n) is 17.8. The van der Waals surface area contributed by atoms with E-state index >= 15 is 0 Å². The molecule has 0 saturated carbocycles. The van der Waals surface area contributed by atoms with Gasteiger partial charge in [0.25, 0.3) is 0 Å². The fourth-order valence-corrected chi connectivity index (χ4v) is 7.38. The van der Waals surface area contributed by atoms with Crippen LogP contribution in [-0.2, 0) is 28.6 Å². The summed E-state index contributed by atoms with van der Waals surface area (Å²) in [6.07, 6.45) is 63.4. The normalized spacial score (nSPS) is 12.5. The van der Waals surface area contributed by atoms with Crippen LogP contribution in [0.1, 0.15) is 265 Å². The molecule has 0 aromatic carbocycles. The van der Waals surface area contributed by atoms with Gasteiger partial charge in [0.2, 0.25) is 0 Å². The molecule has 0 heterocycles. The lowest BCUT2D eigenvalue weighted by Gasteiger charge is -2.18. The van der Waals surface area contributed by atoms with Gasteiger partial charge in [0.15, 0.2) is 6.10 Å². The van der Waals surface area contributed by atoms with Crippen molar-refractivity contribution in [3.8, 4) is 0 Å². The Morgan fingerprint density at radius 1 is 0.317 bits per heavy atom. The Kier molecular flexibility index (Phi) is 49.4. The minimum atomic E-state index is -0.790. The summed E-state index contributed by atoms with van der Waals surface area (Å²) >= 11 is 0. The van der Waals surface area contributed by atoms with Gasteiger partial charge >= 0.3 is 17.9 Å². The van der Waals surface area contributed by atoms with Crippen LogP contribution in [-0.4, -0.2) is 37.2 Å². The lowest BCUT2D eigenvalue weighted by Crippen LogP contribution is -2.30. The lowest BCUT2D eigenvalue weighted by atomic mass is 10.1. The summed E-state index contributed by atoms with van der Waals surface area (Å²) in [7, 11) is 0. The molecule has 0 rings (SSSR count). The van der Waals surface area contributed by atoms with Gasteiger partial charge in [-0.1, -0.05) is 197 Å². The van der Waals surface area contributed by atoms with Gasteiger partial charge in [0.05, 0.1) is 0 Å². The maximum atomic E-state index is 12.8. The average Bonchev–Trinajstić information content (AvgIpc) is 3.28. The molecular formula is C57H100O6. The largest absolute Gasteiger partial charge is 0.462 e. The minimum Gasteiger partial charge on any atom is -0.462 e. The number of carbonyl (C=O) groups excluding carboxylic acids is 3. The Bertz CT molecular complexity index is 1150. The van der Waals surface area contributed by atoms with E-state index < -0.39 is 6.10 Å². The van der Waals surface area contributed by atoms with Crippen LogP contribution in [0.15, 0.2) is 60.8 Å². The highest BCUT2D eigenvalue weighted by Gasteiger charge is 2.19. The van der Waals surface area contributed by atoms with E-state index in [9.17, 15) is 14.4 Å². The molecular weight excluding hydrogens is 781 g/mol. The number of hydrogen-bond acceptors (Lipinski definition) is 6. The van der Waals surface area contributed by atoms with Crippen LogP contribution in [0.2, 0.25) is 0 Å². The Morgan fingerprint density at radius 2 is 0.571 bits per heavy atom. The van der Waals surface area contributed by atoms with Crippen LogP contribution >= 0.6 is 0 Å². The predicted molar refractivity (Wildman–Crippen MR) is 270 cm³/mol. The van der Waals surface area contributed by atoms with Crippen LogP contribution in [0, 0.1) is 0 Å². The summed E-state index contributed by atoms with van der Waals surface area (Å²) < 4.78 is 16.8. The number of hydrogen-bond donors (Lipinski definition) is 0. The molecule has 0 aliphatic heterocycles. The Morgan fingerprint density at radius 3 is 0.952 bits per heavy atom. The van der Waals surface area contributed by atoms with E-state index in [2.05, 4.69) is 81.5 Å². The summed E-state index contributed by atoms with van der Waals surface area (Å²) in [5.41, 5.74) is 0. The molecule has 63 heavy (non-hydrogen) atoms. The zero-order chi connectivity index (χ0) is 45.8. The van der Waals surface area contributed by atoms with E-state index in [0.717, 1.165) is 103 Å². The van der Waals surface area contributed by atoms with Gasteiger partial charge in [0.1, 0.15) is 13.2 Å². The first-order chi connectivity index (χ1) is 31.0. The molecule has 0 unspecified atom stereocenters. The van der Waals surface area contributed by atoms with Gasteiger partial charge in [-0.3, -0.25) is 14.4 Å². The summed E-state index contributed by atoms with van der Waals surface area (Å²) in [6.45, 7) is 6.57. The first kappa shape index (κ1) is 60.1. The van der Waals surface area contributed by atoms with E-state index in [0.29, 0.717) is 19.3 Å². The number of esters is 3. The van der Waals surface area contributed by atoms with Crippen LogP contribution in [0.4, 0.5) is 0 Å². The lowest BCUT2D eigenvalue weighted by molar-refractivity contribution is -0.167. The molecule has 0 saturated heterocycles. The van der Waals surface area contributed by atoms with Crippen LogP contribution in [0.3, 0.4) is 0 Å². The fourth-order valence-electron chi connectivity index (χ4n) is 7.38. The molecule has 0 aliphatic carbocycles. The number of unbranched alkanes of at least 4 members (excludes halogenated alkanes) is 27. The summed E-state index contributed by atoms with van der Waals surface area (Å²) in [5, 5.41) is 0. The molecule has 0 bridgehead atoms. The molecule has 364 valence electrons. The second kappa shape index (κ2) is 51.7. The van der Waals surface area contributed by atoms with E-state index in [1.54, 1.807) is 0 Å². The van der Waals surface area contributed by atoms with Crippen molar-refractivity contribution in [2.75, 3.05) is 13.2 Å². The second-order valence-corrected chi connectivity index (χ2v) is 17.8. The maximum absolute atomic E-state index is 12.8. The summed E-state index contributed by atoms with van der Waals surface area (Å²) in [5.74, 6) is -0.922. The van der Waals surface area contributed by atoms with Crippen molar-refractivity contribution >= 4 is 17.9 Å². The van der Waals surface area contributed by atoms with Gasteiger partial charge in [-0.25, -0.2) is 0 Å².